The molecule has 1 atom stereocenters. The maximum absolute atomic E-state index is 6.09. The molecule has 1 aliphatic carbocycles. The molecule has 1 fully saturated rings. The number of rotatable bonds is 7. The summed E-state index contributed by atoms with van der Waals surface area (Å²) < 4.78 is 6.09. The number of nitrogens with one attached hydrogen (secondary N) is 1. The van der Waals surface area contributed by atoms with Gasteiger partial charge in [0.25, 0.3) is 0 Å². The van der Waals surface area contributed by atoms with E-state index in [2.05, 4.69) is 19.2 Å². The second kappa shape index (κ2) is 8.11. The van der Waals surface area contributed by atoms with Crippen molar-refractivity contribution >= 4 is 11.3 Å². The maximum Gasteiger partial charge on any atom is 0.122 e. The molecular weight excluding hydrogens is 268 g/mol. The monoisotopic (exact) mass is 296 g/mol. The molecule has 1 heterocycles. The van der Waals surface area contributed by atoms with Crippen LogP contribution in [0, 0.1) is 5.92 Å². The van der Waals surface area contributed by atoms with Crippen molar-refractivity contribution in [3.8, 4) is 0 Å². The van der Waals surface area contributed by atoms with E-state index in [1.54, 1.807) is 0 Å². The van der Waals surface area contributed by atoms with Crippen molar-refractivity contribution in [2.45, 2.75) is 65.0 Å². The highest BCUT2D eigenvalue weighted by atomic mass is 32.1. The summed E-state index contributed by atoms with van der Waals surface area (Å²) in [6.07, 6.45) is 7.92. The Morgan fingerprint density at radius 1 is 1.30 bits per heavy atom. The molecule has 0 amide bonds. The zero-order valence-electron chi connectivity index (χ0n) is 13.1. The van der Waals surface area contributed by atoms with E-state index in [0.29, 0.717) is 5.92 Å². The van der Waals surface area contributed by atoms with Gasteiger partial charge in [0.15, 0.2) is 0 Å². The third-order valence-electron chi connectivity index (χ3n) is 4.13. The Kier molecular flexibility index (Phi) is 6.46. The molecule has 1 aliphatic rings. The summed E-state index contributed by atoms with van der Waals surface area (Å²) in [5.74, 6) is 0.669. The molecule has 1 saturated carbocycles. The molecule has 0 saturated heterocycles. The van der Waals surface area contributed by atoms with E-state index in [0.717, 1.165) is 19.6 Å². The van der Waals surface area contributed by atoms with Gasteiger partial charge in [0.1, 0.15) is 11.1 Å². The van der Waals surface area contributed by atoms with Crippen molar-refractivity contribution in [1.82, 2.24) is 10.3 Å². The van der Waals surface area contributed by atoms with Crippen molar-refractivity contribution in [1.29, 1.82) is 0 Å². The van der Waals surface area contributed by atoms with E-state index in [-0.39, 0.29) is 6.10 Å². The zero-order chi connectivity index (χ0) is 14.4. The highest BCUT2D eigenvalue weighted by Gasteiger charge is 2.28. The molecule has 3 nitrogen and oxygen atoms in total. The molecule has 0 aliphatic heterocycles. The molecule has 1 aromatic heterocycles. The topological polar surface area (TPSA) is 34.1 Å². The highest BCUT2D eigenvalue weighted by Crippen LogP contribution is 2.39. The molecule has 1 unspecified atom stereocenters. The molecular formula is C16H28N2OS. The number of hydrogen-bond acceptors (Lipinski definition) is 4. The predicted octanol–water partition coefficient (Wildman–Crippen LogP) is 4.08. The third-order valence-corrected chi connectivity index (χ3v) is 5.29. The second-order valence-corrected chi connectivity index (χ2v) is 6.70. The Morgan fingerprint density at radius 3 is 2.65 bits per heavy atom. The molecule has 0 spiro atoms. The van der Waals surface area contributed by atoms with Crippen LogP contribution in [-0.2, 0) is 17.7 Å². The molecule has 4 heteroatoms. The quantitative estimate of drug-likeness (QED) is 0.823. The van der Waals surface area contributed by atoms with Gasteiger partial charge in [-0.1, -0.05) is 26.2 Å². The molecule has 114 valence electrons. The van der Waals surface area contributed by atoms with Crippen LogP contribution in [0.2, 0.25) is 0 Å². The van der Waals surface area contributed by atoms with Crippen molar-refractivity contribution < 1.29 is 4.74 Å². The number of aromatic nitrogens is 1. The van der Waals surface area contributed by atoms with E-state index in [4.69, 9.17) is 9.72 Å². The first-order chi connectivity index (χ1) is 9.80. The van der Waals surface area contributed by atoms with Crippen molar-refractivity contribution in [3.05, 3.63) is 15.6 Å². The lowest BCUT2D eigenvalue weighted by Gasteiger charge is -2.28. The van der Waals surface area contributed by atoms with Crippen LogP contribution in [0.15, 0.2) is 0 Å². The fraction of sp³-hybridized carbons (Fsp3) is 0.812. The summed E-state index contributed by atoms with van der Waals surface area (Å²) in [6, 6.07) is 0. The van der Waals surface area contributed by atoms with Crippen molar-refractivity contribution in [3.63, 3.8) is 0 Å². The minimum atomic E-state index is 0.223. The number of thiazole rings is 1. The van der Waals surface area contributed by atoms with Crippen molar-refractivity contribution in [2.24, 2.45) is 5.92 Å². The lowest BCUT2D eigenvalue weighted by atomic mass is 9.85. The van der Waals surface area contributed by atoms with E-state index >= 15 is 0 Å². The molecule has 0 aromatic carbocycles. The highest BCUT2D eigenvalue weighted by molar-refractivity contribution is 7.11. The molecule has 1 aromatic rings. The van der Waals surface area contributed by atoms with E-state index in [9.17, 15) is 0 Å². The van der Waals surface area contributed by atoms with Gasteiger partial charge in [0.05, 0.1) is 5.69 Å². The van der Waals surface area contributed by atoms with Gasteiger partial charge in [-0.15, -0.1) is 11.3 Å². The third kappa shape index (κ3) is 3.80. The minimum Gasteiger partial charge on any atom is -0.371 e. The zero-order valence-corrected chi connectivity index (χ0v) is 13.9. The Hall–Kier alpha value is -0.450. The van der Waals surface area contributed by atoms with Gasteiger partial charge in [0, 0.05) is 18.0 Å². The standard InChI is InChI=1S/C16H28N2OS/c1-4-13-14(11-17-3)20-16(18-13)15(19-5-2)12-9-7-6-8-10-12/h12,15,17H,4-11H2,1-3H3. The lowest BCUT2D eigenvalue weighted by Crippen LogP contribution is -2.19. The Balaban J connectivity index is 2.19. The van der Waals surface area contributed by atoms with Crippen molar-refractivity contribution in [2.75, 3.05) is 13.7 Å². The second-order valence-electron chi connectivity index (χ2n) is 5.58. The Labute approximate surface area is 127 Å². The van der Waals surface area contributed by atoms with Gasteiger partial charge < -0.3 is 10.1 Å². The number of hydrogen-bond donors (Lipinski definition) is 1. The SMILES string of the molecule is CCOC(c1nc(CC)c(CNC)s1)C1CCCCC1. The summed E-state index contributed by atoms with van der Waals surface area (Å²) in [6.45, 7) is 5.99. The number of aryl methyl sites for hydroxylation is 1. The van der Waals surface area contributed by atoms with Gasteiger partial charge in [-0.05, 0) is 39.2 Å². The minimum absolute atomic E-state index is 0.223. The van der Waals surface area contributed by atoms with Gasteiger partial charge in [-0.25, -0.2) is 4.98 Å². The smallest absolute Gasteiger partial charge is 0.122 e. The average Bonchev–Trinajstić information content (AvgIpc) is 2.89. The first-order valence-electron chi connectivity index (χ1n) is 8.04. The van der Waals surface area contributed by atoms with Gasteiger partial charge >= 0.3 is 0 Å². The fourth-order valence-electron chi connectivity index (χ4n) is 3.13. The number of ether oxygens (including phenoxy) is 1. The molecule has 0 bridgehead atoms. The van der Waals surface area contributed by atoms with Gasteiger partial charge in [-0.2, -0.15) is 0 Å². The van der Waals surface area contributed by atoms with Crippen LogP contribution in [0.5, 0.6) is 0 Å². The van der Waals surface area contributed by atoms with Crippen LogP contribution in [0.3, 0.4) is 0 Å². The van der Waals surface area contributed by atoms with Crippen LogP contribution in [0.1, 0.15) is 67.6 Å². The molecule has 0 radical (unpaired) electrons. The van der Waals surface area contributed by atoms with Crippen LogP contribution in [0.25, 0.3) is 0 Å². The fourth-order valence-corrected chi connectivity index (χ4v) is 4.43. The maximum atomic E-state index is 6.09. The van der Waals surface area contributed by atoms with Crippen LogP contribution < -0.4 is 5.32 Å². The molecule has 2 rings (SSSR count). The summed E-state index contributed by atoms with van der Waals surface area (Å²) in [4.78, 5) is 6.28. The van der Waals surface area contributed by atoms with Crippen LogP contribution in [0.4, 0.5) is 0 Å². The van der Waals surface area contributed by atoms with E-state index in [1.165, 1.54) is 47.7 Å². The van der Waals surface area contributed by atoms with Crippen LogP contribution in [-0.4, -0.2) is 18.6 Å². The lowest BCUT2D eigenvalue weighted by molar-refractivity contribution is 0.00543. The summed E-state index contributed by atoms with van der Waals surface area (Å²) in [5.41, 5.74) is 1.25. The van der Waals surface area contributed by atoms with Gasteiger partial charge in [-0.3, -0.25) is 0 Å². The normalized spacial score (nSPS) is 18.4. The molecule has 20 heavy (non-hydrogen) atoms. The first-order valence-corrected chi connectivity index (χ1v) is 8.86. The summed E-state index contributed by atoms with van der Waals surface area (Å²) in [5, 5.41) is 4.46. The largest absolute Gasteiger partial charge is 0.371 e. The predicted molar refractivity (Wildman–Crippen MR) is 85.2 cm³/mol. The van der Waals surface area contributed by atoms with E-state index in [1.807, 2.05) is 18.4 Å². The van der Waals surface area contributed by atoms with E-state index < -0.39 is 0 Å². The average molecular weight is 296 g/mol. The summed E-state index contributed by atoms with van der Waals surface area (Å²) >= 11 is 1.85. The first kappa shape index (κ1) is 15.9. The Bertz CT molecular complexity index is 399. The van der Waals surface area contributed by atoms with Crippen LogP contribution >= 0.6 is 11.3 Å². The molecule has 1 N–H and O–H groups in total. The Morgan fingerprint density at radius 2 is 2.05 bits per heavy atom. The van der Waals surface area contributed by atoms with Gasteiger partial charge in [0.2, 0.25) is 0 Å². The summed E-state index contributed by atoms with van der Waals surface area (Å²) in [7, 11) is 2.00. The number of nitrogens with zero attached hydrogens (tertiary/aromatic N) is 1.